The van der Waals surface area contributed by atoms with Crippen molar-refractivity contribution in [3.63, 3.8) is 0 Å². The average Bonchev–Trinajstić information content (AvgIpc) is 3.18. The molecule has 3 heterocycles. The molecule has 3 aromatic rings. The Balaban J connectivity index is 1.38. The highest BCUT2D eigenvalue weighted by atomic mass is 16.5. The zero-order chi connectivity index (χ0) is 21.0. The summed E-state index contributed by atoms with van der Waals surface area (Å²) in [5.41, 5.74) is 7.49. The fourth-order valence-corrected chi connectivity index (χ4v) is 3.65. The molecule has 0 saturated carbocycles. The Morgan fingerprint density at radius 3 is 2.83 bits per heavy atom. The molecule has 1 aromatic carbocycles. The lowest BCUT2D eigenvalue weighted by molar-refractivity contribution is 0.0576. The standard InChI is InChI=1S/C22H25N5O3/c23-9-13-30-17-5-3-16(4-6-17)21(28)26-14-22(29)8-12-27(15-22)19-7-11-24-18-2-1-10-25-20(18)19/h1-7,10-11,29H,8-9,12-15,23H2,(H,26,28)/t22-/m1/s1. The Hall–Kier alpha value is -3.23. The minimum absolute atomic E-state index is 0.171. The predicted molar refractivity (Wildman–Crippen MR) is 115 cm³/mol. The molecule has 0 unspecified atom stereocenters. The van der Waals surface area contributed by atoms with Gasteiger partial charge in [-0.3, -0.25) is 14.8 Å². The number of carbonyl (C=O) groups is 1. The SMILES string of the molecule is NCCOc1ccc(C(=O)NC[C@]2(O)CCN(c3ccnc4cccnc34)C2)cc1. The second-order valence-electron chi connectivity index (χ2n) is 7.44. The van der Waals surface area contributed by atoms with Crippen LogP contribution in [-0.2, 0) is 0 Å². The predicted octanol–water partition coefficient (Wildman–Crippen LogP) is 1.34. The number of nitrogens with zero attached hydrogens (tertiary/aromatic N) is 3. The van der Waals surface area contributed by atoms with Crippen LogP contribution < -0.4 is 20.7 Å². The molecule has 156 valence electrons. The number of nitrogens with one attached hydrogen (secondary N) is 1. The second-order valence-corrected chi connectivity index (χ2v) is 7.44. The average molecular weight is 407 g/mol. The first-order chi connectivity index (χ1) is 14.6. The topological polar surface area (TPSA) is 114 Å². The molecule has 2 aromatic heterocycles. The zero-order valence-electron chi connectivity index (χ0n) is 16.6. The van der Waals surface area contributed by atoms with Gasteiger partial charge in [0.05, 0.1) is 11.2 Å². The molecule has 0 spiro atoms. The quantitative estimate of drug-likeness (QED) is 0.542. The largest absolute Gasteiger partial charge is 0.492 e. The maximum atomic E-state index is 12.5. The molecule has 1 saturated heterocycles. The van der Waals surface area contributed by atoms with Crippen molar-refractivity contribution in [3.8, 4) is 5.75 Å². The van der Waals surface area contributed by atoms with E-state index in [4.69, 9.17) is 10.5 Å². The van der Waals surface area contributed by atoms with Gasteiger partial charge in [-0.2, -0.15) is 0 Å². The molecular weight excluding hydrogens is 382 g/mol. The van der Waals surface area contributed by atoms with Crippen molar-refractivity contribution in [2.24, 2.45) is 5.73 Å². The Kier molecular flexibility index (Phi) is 5.78. The summed E-state index contributed by atoms with van der Waals surface area (Å²) in [4.78, 5) is 23.4. The fourth-order valence-electron chi connectivity index (χ4n) is 3.65. The number of carbonyl (C=O) groups excluding carboxylic acids is 1. The van der Waals surface area contributed by atoms with Gasteiger partial charge < -0.3 is 25.8 Å². The number of pyridine rings is 2. The van der Waals surface area contributed by atoms with E-state index in [0.29, 0.717) is 44.0 Å². The van der Waals surface area contributed by atoms with E-state index in [1.165, 1.54) is 0 Å². The minimum atomic E-state index is -1.01. The highest BCUT2D eigenvalue weighted by Gasteiger charge is 2.37. The van der Waals surface area contributed by atoms with E-state index in [-0.39, 0.29) is 12.5 Å². The Morgan fingerprint density at radius 1 is 1.20 bits per heavy atom. The first kappa shape index (κ1) is 20.1. The van der Waals surface area contributed by atoms with Crippen LogP contribution in [0.1, 0.15) is 16.8 Å². The molecule has 0 radical (unpaired) electrons. The highest BCUT2D eigenvalue weighted by Crippen LogP contribution is 2.30. The number of amides is 1. The van der Waals surface area contributed by atoms with Crippen molar-refractivity contribution in [1.29, 1.82) is 0 Å². The van der Waals surface area contributed by atoms with Gasteiger partial charge in [0, 0.05) is 44.1 Å². The molecule has 8 heteroatoms. The van der Waals surface area contributed by atoms with E-state index in [0.717, 1.165) is 16.7 Å². The van der Waals surface area contributed by atoms with Crippen LogP contribution in [-0.4, -0.2) is 59.4 Å². The molecule has 4 N–H and O–H groups in total. The number of nitrogens with two attached hydrogens (primary N) is 1. The van der Waals surface area contributed by atoms with E-state index in [1.54, 1.807) is 36.7 Å². The maximum absolute atomic E-state index is 12.5. The third-order valence-electron chi connectivity index (χ3n) is 5.23. The van der Waals surface area contributed by atoms with Crippen LogP contribution in [0.2, 0.25) is 0 Å². The molecule has 30 heavy (non-hydrogen) atoms. The molecule has 1 aliphatic heterocycles. The Morgan fingerprint density at radius 2 is 2.03 bits per heavy atom. The normalized spacial score (nSPS) is 18.5. The van der Waals surface area contributed by atoms with Crippen molar-refractivity contribution in [1.82, 2.24) is 15.3 Å². The van der Waals surface area contributed by atoms with Crippen LogP contribution in [0, 0.1) is 0 Å². The van der Waals surface area contributed by atoms with Gasteiger partial charge in [-0.05, 0) is 48.9 Å². The molecule has 1 amide bonds. The summed E-state index contributed by atoms with van der Waals surface area (Å²) in [5, 5.41) is 13.9. The van der Waals surface area contributed by atoms with Gasteiger partial charge in [0.2, 0.25) is 0 Å². The monoisotopic (exact) mass is 407 g/mol. The number of rotatable bonds is 7. The van der Waals surface area contributed by atoms with Gasteiger partial charge in [-0.1, -0.05) is 0 Å². The van der Waals surface area contributed by atoms with Gasteiger partial charge in [-0.15, -0.1) is 0 Å². The van der Waals surface area contributed by atoms with Crippen molar-refractivity contribution >= 4 is 22.6 Å². The van der Waals surface area contributed by atoms with Crippen molar-refractivity contribution in [2.45, 2.75) is 12.0 Å². The lowest BCUT2D eigenvalue weighted by atomic mass is 10.0. The minimum Gasteiger partial charge on any atom is -0.492 e. The number of β-amino-alcohol motifs (C(OH)–C–C–N with tert-alkyl or cyclic N) is 1. The van der Waals surface area contributed by atoms with E-state index < -0.39 is 5.60 Å². The number of aromatic nitrogens is 2. The summed E-state index contributed by atoms with van der Waals surface area (Å²) >= 11 is 0. The summed E-state index contributed by atoms with van der Waals surface area (Å²) in [7, 11) is 0. The number of aliphatic hydroxyl groups is 1. The molecule has 0 bridgehead atoms. The molecule has 1 aliphatic rings. The van der Waals surface area contributed by atoms with Crippen LogP contribution in [0.3, 0.4) is 0 Å². The molecular formula is C22H25N5O3. The fraction of sp³-hybridized carbons (Fsp3) is 0.318. The van der Waals surface area contributed by atoms with Gasteiger partial charge in [-0.25, -0.2) is 0 Å². The molecule has 1 atom stereocenters. The summed E-state index contributed by atoms with van der Waals surface area (Å²) in [5.74, 6) is 0.434. The number of anilines is 1. The van der Waals surface area contributed by atoms with Crippen LogP contribution in [0.15, 0.2) is 54.9 Å². The van der Waals surface area contributed by atoms with Crippen molar-refractivity contribution in [3.05, 3.63) is 60.4 Å². The van der Waals surface area contributed by atoms with E-state index in [2.05, 4.69) is 20.2 Å². The third kappa shape index (κ3) is 4.34. The zero-order valence-corrected chi connectivity index (χ0v) is 16.6. The van der Waals surface area contributed by atoms with E-state index in [9.17, 15) is 9.90 Å². The number of ether oxygens (including phenoxy) is 1. The van der Waals surface area contributed by atoms with Crippen LogP contribution >= 0.6 is 0 Å². The van der Waals surface area contributed by atoms with E-state index in [1.807, 2.05) is 18.2 Å². The first-order valence-electron chi connectivity index (χ1n) is 9.96. The molecule has 4 rings (SSSR count). The number of hydrogen-bond donors (Lipinski definition) is 3. The smallest absolute Gasteiger partial charge is 0.251 e. The first-order valence-corrected chi connectivity index (χ1v) is 9.96. The van der Waals surface area contributed by atoms with Crippen molar-refractivity contribution < 1.29 is 14.6 Å². The van der Waals surface area contributed by atoms with Gasteiger partial charge in [0.25, 0.3) is 5.91 Å². The Labute approximate surface area is 174 Å². The summed E-state index contributed by atoms with van der Waals surface area (Å²) < 4.78 is 5.42. The van der Waals surface area contributed by atoms with Crippen LogP contribution in [0.25, 0.3) is 11.0 Å². The third-order valence-corrected chi connectivity index (χ3v) is 5.23. The summed E-state index contributed by atoms with van der Waals surface area (Å²) in [6.45, 7) is 2.12. The number of fused-ring (bicyclic) bond motifs is 1. The molecule has 1 fully saturated rings. The number of hydrogen-bond acceptors (Lipinski definition) is 7. The van der Waals surface area contributed by atoms with Gasteiger partial charge >= 0.3 is 0 Å². The van der Waals surface area contributed by atoms with Crippen molar-refractivity contribution in [2.75, 3.05) is 37.7 Å². The van der Waals surface area contributed by atoms with Gasteiger partial charge in [0.1, 0.15) is 23.5 Å². The maximum Gasteiger partial charge on any atom is 0.251 e. The summed E-state index contributed by atoms with van der Waals surface area (Å²) in [6, 6.07) is 12.5. The van der Waals surface area contributed by atoms with E-state index >= 15 is 0 Å². The van der Waals surface area contributed by atoms with Crippen LogP contribution in [0.4, 0.5) is 5.69 Å². The number of benzene rings is 1. The van der Waals surface area contributed by atoms with Crippen LogP contribution in [0.5, 0.6) is 5.75 Å². The lowest BCUT2D eigenvalue weighted by Crippen LogP contribution is -2.45. The summed E-state index contributed by atoms with van der Waals surface area (Å²) in [6.07, 6.45) is 4.04. The highest BCUT2D eigenvalue weighted by molar-refractivity contribution is 5.94. The van der Waals surface area contributed by atoms with Gasteiger partial charge in [0.15, 0.2) is 0 Å². The Bertz CT molecular complexity index is 1020. The lowest BCUT2D eigenvalue weighted by Gasteiger charge is -2.25. The second kappa shape index (κ2) is 8.64. The molecule has 0 aliphatic carbocycles. The molecule has 8 nitrogen and oxygen atoms in total.